The number of nitrogens with one attached hydrogen (secondary N) is 2. The van der Waals surface area contributed by atoms with Gasteiger partial charge in [0.1, 0.15) is 0 Å². The first-order valence-corrected chi connectivity index (χ1v) is 5.93. The van der Waals surface area contributed by atoms with Crippen LogP contribution in [0.5, 0.6) is 0 Å². The average molecular weight is 266 g/mol. The summed E-state index contributed by atoms with van der Waals surface area (Å²) in [5, 5.41) is 22.5. The first-order chi connectivity index (χ1) is 9.02. The molecule has 0 heterocycles. The van der Waals surface area contributed by atoms with Crippen LogP contribution >= 0.6 is 0 Å². The van der Waals surface area contributed by atoms with Gasteiger partial charge in [-0.15, -0.1) is 0 Å². The van der Waals surface area contributed by atoms with Crippen LogP contribution in [-0.2, 0) is 4.79 Å². The number of aryl methyl sites for hydroxylation is 1. The van der Waals surface area contributed by atoms with E-state index in [2.05, 4.69) is 10.6 Å². The second-order valence-corrected chi connectivity index (χ2v) is 4.19. The molecule has 0 aromatic heterocycles. The Bertz CT molecular complexity index is 448. The summed E-state index contributed by atoms with van der Waals surface area (Å²) in [6.45, 7) is 1.23. The lowest BCUT2D eigenvalue weighted by Crippen LogP contribution is -2.40. The number of hydrogen-bond donors (Lipinski definition) is 4. The predicted octanol–water partition coefficient (Wildman–Crippen LogP) is -0.806. The van der Waals surface area contributed by atoms with Crippen LogP contribution in [0.15, 0.2) is 24.3 Å². The largest absolute Gasteiger partial charge is 0.394 e. The van der Waals surface area contributed by atoms with Gasteiger partial charge in [-0.25, -0.2) is 0 Å². The molecule has 0 aliphatic carbocycles. The van der Waals surface area contributed by atoms with Gasteiger partial charge in [-0.05, 0) is 19.1 Å². The standard InChI is InChI=1S/C13H18N2O4/c1-9-3-2-4-10(5-9)13(19)15-7-12(18)14-6-11(17)8-16/h2-5,11,16-17H,6-8H2,1H3,(H,14,18)(H,15,19). The summed E-state index contributed by atoms with van der Waals surface area (Å²) in [5.41, 5.74) is 1.45. The zero-order valence-electron chi connectivity index (χ0n) is 10.7. The van der Waals surface area contributed by atoms with E-state index in [1.165, 1.54) is 0 Å². The minimum Gasteiger partial charge on any atom is -0.394 e. The van der Waals surface area contributed by atoms with E-state index >= 15 is 0 Å². The van der Waals surface area contributed by atoms with Gasteiger partial charge in [-0.2, -0.15) is 0 Å². The van der Waals surface area contributed by atoms with Gasteiger partial charge >= 0.3 is 0 Å². The fourth-order valence-electron chi connectivity index (χ4n) is 1.41. The van der Waals surface area contributed by atoms with Crippen molar-refractivity contribution >= 4 is 11.8 Å². The molecular formula is C13H18N2O4. The number of aliphatic hydroxyl groups excluding tert-OH is 2. The van der Waals surface area contributed by atoms with Crippen LogP contribution in [-0.4, -0.2) is 47.8 Å². The van der Waals surface area contributed by atoms with E-state index in [4.69, 9.17) is 10.2 Å². The molecule has 0 radical (unpaired) electrons. The quantitative estimate of drug-likeness (QED) is 0.541. The van der Waals surface area contributed by atoms with Crippen LogP contribution in [0.3, 0.4) is 0 Å². The van der Waals surface area contributed by atoms with Crippen LogP contribution in [0.4, 0.5) is 0 Å². The molecule has 0 spiro atoms. The summed E-state index contributed by atoms with van der Waals surface area (Å²) in [4.78, 5) is 23.1. The Labute approximate surface area is 111 Å². The molecule has 6 heteroatoms. The van der Waals surface area contributed by atoms with E-state index < -0.39 is 18.6 Å². The molecule has 1 unspecified atom stereocenters. The van der Waals surface area contributed by atoms with Gasteiger partial charge in [0.15, 0.2) is 0 Å². The van der Waals surface area contributed by atoms with E-state index in [0.29, 0.717) is 5.56 Å². The molecule has 0 saturated carbocycles. The molecule has 2 amide bonds. The smallest absolute Gasteiger partial charge is 0.251 e. The summed E-state index contributed by atoms with van der Waals surface area (Å²) in [7, 11) is 0. The zero-order valence-corrected chi connectivity index (χ0v) is 10.7. The molecule has 0 bridgehead atoms. The lowest BCUT2D eigenvalue weighted by molar-refractivity contribution is -0.120. The second-order valence-electron chi connectivity index (χ2n) is 4.19. The van der Waals surface area contributed by atoms with Crippen LogP contribution in [0, 0.1) is 6.92 Å². The average Bonchev–Trinajstić information content (AvgIpc) is 2.41. The third kappa shape index (κ3) is 5.50. The van der Waals surface area contributed by atoms with E-state index in [0.717, 1.165) is 5.56 Å². The van der Waals surface area contributed by atoms with Crippen molar-refractivity contribution < 1.29 is 19.8 Å². The van der Waals surface area contributed by atoms with Crippen molar-refractivity contribution in [3.63, 3.8) is 0 Å². The van der Waals surface area contributed by atoms with Crippen molar-refractivity contribution in [1.29, 1.82) is 0 Å². The van der Waals surface area contributed by atoms with Gasteiger partial charge < -0.3 is 20.8 Å². The Balaban J connectivity index is 2.36. The topological polar surface area (TPSA) is 98.7 Å². The number of aliphatic hydroxyl groups is 2. The summed E-state index contributed by atoms with van der Waals surface area (Å²) in [6.07, 6.45) is -0.989. The van der Waals surface area contributed by atoms with Crippen LogP contribution in [0.25, 0.3) is 0 Å². The lowest BCUT2D eigenvalue weighted by atomic mass is 10.1. The monoisotopic (exact) mass is 266 g/mol. The highest BCUT2D eigenvalue weighted by molar-refractivity contribution is 5.96. The molecule has 104 valence electrons. The van der Waals surface area contributed by atoms with Crippen molar-refractivity contribution in [2.75, 3.05) is 19.7 Å². The maximum absolute atomic E-state index is 11.7. The van der Waals surface area contributed by atoms with Crippen molar-refractivity contribution in [2.45, 2.75) is 13.0 Å². The molecule has 0 fully saturated rings. The molecule has 19 heavy (non-hydrogen) atoms. The maximum Gasteiger partial charge on any atom is 0.251 e. The molecule has 1 aromatic carbocycles. The third-order valence-electron chi connectivity index (χ3n) is 2.44. The number of hydrogen-bond acceptors (Lipinski definition) is 4. The van der Waals surface area contributed by atoms with E-state index in [1.54, 1.807) is 18.2 Å². The molecular weight excluding hydrogens is 248 g/mol. The van der Waals surface area contributed by atoms with E-state index in [-0.39, 0.29) is 19.0 Å². The summed E-state index contributed by atoms with van der Waals surface area (Å²) in [6, 6.07) is 7.03. The molecule has 1 rings (SSSR count). The minimum absolute atomic E-state index is 0.0460. The Hall–Kier alpha value is -1.92. The summed E-state index contributed by atoms with van der Waals surface area (Å²) in [5.74, 6) is -0.755. The highest BCUT2D eigenvalue weighted by atomic mass is 16.3. The number of rotatable bonds is 6. The Morgan fingerprint density at radius 1 is 1.32 bits per heavy atom. The fraction of sp³-hybridized carbons (Fsp3) is 0.385. The maximum atomic E-state index is 11.7. The highest BCUT2D eigenvalue weighted by Crippen LogP contribution is 2.03. The normalized spacial score (nSPS) is 11.7. The van der Waals surface area contributed by atoms with E-state index in [1.807, 2.05) is 13.0 Å². The number of benzene rings is 1. The molecule has 0 aliphatic rings. The number of carbonyl (C=O) groups is 2. The Morgan fingerprint density at radius 3 is 2.68 bits per heavy atom. The fourth-order valence-corrected chi connectivity index (χ4v) is 1.41. The summed E-state index contributed by atoms with van der Waals surface area (Å²) >= 11 is 0. The Kier molecular flexibility index (Phi) is 5.98. The molecule has 0 saturated heterocycles. The van der Waals surface area contributed by atoms with Crippen LogP contribution in [0.1, 0.15) is 15.9 Å². The number of carbonyl (C=O) groups excluding carboxylic acids is 2. The van der Waals surface area contributed by atoms with Gasteiger partial charge in [0.25, 0.3) is 5.91 Å². The van der Waals surface area contributed by atoms with E-state index in [9.17, 15) is 9.59 Å². The third-order valence-corrected chi connectivity index (χ3v) is 2.44. The summed E-state index contributed by atoms with van der Waals surface area (Å²) < 4.78 is 0. The lowest BCUT2D eigenvalue weighted by Gasteiger charge is -2.09. The number of amides is 2. The van der Waals surface area contributed by atoms with Gasteiger partial charge in [0, 0.05) is 12.1 Å². The zero-order chi connectivity index (χ0) is 14.3. The molecule has 6 nitrogen and oxygen atoms in total. The molecule has 0 aliphatic heterocycles. The Morgan fingerprint density at radius 2 is 2.05 bits per heavy atom. The van der Waals surface area contributed by atoms with Crippen LogP contribution in [0.2, 0.25) is 0 Å². The first kappa shape index (κ1) is 15.1. The van der Waals surface area contributed by atoms with Gasteiger partial charge in [-0.3, -0.25) is 9.59 Å². The van der Waals surface area contributed by atoms with Crippen molar-refractivity contribution in [3.05, 3.63) is 35.4 Å². The van der Waals surface area contributed by atoms with Crippen molar-refractivity contribution in [1.82, 2.24) is 10.6 Å². The highest BCUT2D eigenvalue weighted by Gasteiger charge is 2.09. The molecule has 4 N–H and O–H groups in total. The predicted molar refractivity (Wildman–Crippen MR) is 69.6 cm³/mol. The van der Waals surface area contributed by atoms with Crippen LogP contribution < -0.4 is 10.6 Å². The molecule has 1 atom stereocenters. The second kappa shape index (κ2) is 7.50. The SMILES string of the molecule is Cc1cccc(C(=O)NCC(=O)NCC(O)CO)c1. The van der Waals surface area contributed by atoms with Crippen molar-refractivity contribution in [2.24, 2.45) is 0 Å². The minimum atomic E-state index is -0.989. The first-order valence-electron chi connectivity index (χ1n) is 5.93. The molecule has 1 aromatic rings. The van der Waals surface area contributed by atoms with Gasteiger partial charge in [0.2, 0.25) is 5.91 Å². The van der Waals surface area contributed by atoms with Crippen molar-refractivity contribution in [3.8, 4) is 0 Å². The van der Waals surface area contributed by atoms with Gasteiger partial charge in [-0.1, -0.05) is 17.7 Å². The van der Waals surface area contributed by atoms with Gasteiger partial charge in [0.05, 0.1) is 19.3 Å².